The van der Waals surface area contributed by atoms with Crippen LogP contribution in [0.1, 0.15) is 47.8 Å². The monoisotopic (exact) mass is 567 g/mol. The molecular weight excluding hydrogens is 543 g/mol. The van der Waals surface area contributed by atoms with E-state index in [0.29, 0.717) is 16.7 Å². The third kappa shape index (κ3) is 9.80. The summed E-state index contributed by atoms with van der Waals surface area (Å²) in [5.74, 6) is -2.59. The number of aromatic carboxylic acids is 3. The Bertz CT molecular complexity index is 898. The molecule has 0 aromatic heterocycles. The molecule has 0 saturated carbocycles. The van der Waals surface area contributed by atoms with Gasteiger partial charge in [0.2, 0.25) is 0 Å². The molecule has 0 bridgehead atoms. The number of carboxylic acids is 3. The molecule has 3 rings (SSSR count). The molecule has 31 heavy (non-hydrogen) atoms. The smallest absolute Gasteiger partial charge is 0.335 e. The van der Waals surface area contributed by atoms with Gasteiger partial charge < -0.3 is 15.3 Å². The number of carboxylic acid groups (broad SMARTS) is 3. The van der Waals surface area contributed by atoms with Gasteiger partial charge in [0.1, 0.15) is 0 Å². The minimum Gasteiger partial charge on any atom is -0.478 e. The Morgan fingerprint density at radius 2 is 0.677 bits per heavy atom. The predicted molar refractivity (Wildman–Crippen MR) is 114 cm³/mol. The van der Waals surface area contributed by atoms with E-state index in [0.717, 1.165) is 16.7 Å². The van der Waals surface area contributed by atoms with Crippen molar-refractivity contribution in [3.8, 4) is 0 Å². The van der Waals surface area contributed by atoms with Crippen LogP contribution in [-0.2, 0) is 0 Å². The topological polar surface area (TPSA) is 112 Å². The minimum absolute atomic E-state index is 0. The number of benzene rings is 3. The van der Waals surface area contributed by atoms with Crippen molar-refractivity contribution in [1.29, 1.82) is 0 Å². The molecule has 0 saturated heterocycles. The van der Waals surface area contributed by atoms with E-state index in [1.807, 2.05) is 18.2 Å². The van der Waals surface area contributed by atoms with Crippen LogP contribution in [0.3, 0.4) is 0 Å². The van der Waals surface area contributed by atoms with Crippen molar-refractivity contribution in [2.24, 2.45) is 0 Å². The van der Waals surface area contributed by atoms with Gasteiger partial charge in [0.05, 0.1) is 16.7 Å². The van der Waals surface area contributed by atoms with Gasteiger partial charge in [-0.15, -0.1) is 0 Å². The molecule has 0 amide bonds. The van der Waals surface area contributed by atoms with Crippen molar-refractivity contribution in [3.63, 3.8) is 0 Å². The summed E-state index contributed by atoms with van der Waals surface area (Å²) in [6.07, 6.45) is 0. The van der Waals surface area contributed by atoms with Crippen LogP contribution in [0.25, 0.3) is 0 Å². The fourth-order valence-corrected chi connectivity index (χ4v) is 2.44. The zero-order chi connectivity index (χ0) is 22.7. The summed E-state index contributed by atoms with van der Waals surface area (Å²) >= 11 is 0. The van der Waals surface area contributed by atoms with Gasteiger partial charge in [-0.2, -0.15) is 0 Å². The molecule has 0 heterocycles. The second-order valence-electron chi connectivity index (χ2n) is 6.36. The van der Waals surface area contributed by atoms with Crippen molar-refractivity contribution in [2.75, 3.05) is 0 Å². The molecule has 3 aromatic carbocycles. The largest absolute Gasteiger partial charge is 0.478 e. The second kappa shape index (κ2) is 14.4. The summed E-state index contributed by atoms with van der Waals surface area (Å²) in [5.41, 5.74) is 3.53. The van der Waals surface area contributed by atoms with Crippen LogP contribution in [0, 0.1) is 59.4 Å². The summed E-state index contributed by atoms with van der Waals surface area (Å²) in [7, 11) is 0. The van der Waals surface area contributed by atoms with E-state index in [1.54, 1.807) is 75.4 Å². The number of hydrogen-bond donors (Lipinski definition) is 3. The molecule has 1 radical (unpaired) electrons. The average Bonchev–Trinajstić information content (AvgIpc) is 2.69. The number of hydrogen-bond acceptors (Lipinski definition) is 3. The van der Waals surface area contributed by atoms with Crippen LogP contribution in [0.2, 0.25) is 0 Å². The number of rotatable bonds is 3. The molecular formula is C24H24O6Tb. The van der Waals surface area contributed by atoms with Gasteiger partial charge in [0.25, 0.3) is 0 Å². The average molecular weight is 567 g/mol. The van der Waals surface area contributed by atoms with Gasteiger partial charge in [0, 0.05) is 38.6 Å². The van der Waals surface area contributed by atoms with Crippen LogP contribution in [-0.4, -0.2) is 33.2 Å². The van der Waals surface area contributed by atoms with Crippen LogP contribution < -0.4 is 0 Å². The molecule has 0 aliphatic carbocycles. The van der Waals surface area contributed by atoms with Gasteiger partial charge in [-0.25, -0.2) is 14.4 Å². The molecule has 6 nitrogen and oxygen atoms in total. The standard InChI is InChI=1S/3C8H8O2.Tb/c3*1-6-4-2-3-5-7(6)8(9)10;/h3*2-5H,1H3,(H,9,10);. The number of carbonyl (C=O) groups is 3. The van der Waals surface area contributed by atoms with E-state index in [-0.39, 0.29) is 38.6 Å². The molecule has 7 heteroatoms. The van der Waals surface area contributed by atoms with E-state index in [4.69, 9.17) is 15.3 Å². The molecule has 0 aliphatic rings. The predicted octanol–water partition coefficient (Wildman–Crippen LogP) is 5.08. The van der Waals surface area contributed by atoms with Crippen LogP contribution in [0.4, 0.5) is 0 Å². The third-order valence-corrected chi connectivity index (χ3v) is 4.13. The number of aryl methyl sites for hydroxylation is 3. The SMILES string of the molecule is Cc1ccccc1C(=O)O.Cc1ccccc1C(=O)O.Cc1ccccc1C(=O)O.[Tb]. The van der Waals surface area contributed by atoms with Gasteiger partial charge >= 0.3 is 17.9 Å². The Kier molecular flexibility index (Phi) is 13.2. The normalized spacial score (nSPS) is 9.00. The van der Waals surface area contributed by atoms with Crippen LogP contribution in [0.5, 0.6) is 0 Å². The molecule has 3 N–H and O–H groups in total. The van der Waals surface area contributed by atoms with E-state index in [1.165, 1.54) is 0 Å². The molecule has 0 fully saturated rings. The van der Waals surface area contributed by atoms with E-state index >= 15 is 0 Å². The Hall–Kier alpha value is -2.64. The summed E-state index contributed by atoms with van der Waals surface area (Å²) in [6, 6.07) is 20.7. The maximum absolute atomic E-state index is 10.4. The molecule has 0 atom stereocenters. The minimum atomic E-state index is -0.863. The fourth-order valence-electron chi connectivity index (χ4n) is 2.44. The van der Waals surface area contributed by atoms with E-state index < -0.39 is 17.9 Å². The van der Waals surface area contributed by atoms with E-state index in [9.17, 15) is 14.4 Å². The maximum atomic E-state index is 10.4. The molecule has 0 spiro atoms. The Morgan fingerprint density at radius 3 is 0.806 bits per heavy atom. The van der Waals surface area contributed by atoms with Gasteiger partial charge in [-0.3, -0.25) is 0 Å². The summed E-state index contributed by atoms with van der Waals surface area (Å²) < 4.78 is 0. The van der Waals surface area contributed by atoms with Crippen LogP contribution in [0.15, 0.2) is 72.8 Å². The van der Waals surface area contributed by atoms with Gasteiger partial charge in [-0.05, 0) is 55.7 Å². The zero-order valence-corrected chi connectivity index (χ0v) is 19.5. The van der Waals surface area contributed by atoms with Gasteiger partial charge in [-0.1, -0.05) is 54.6 Å². The first-order chi connectivity index (χ1) is 14.1. The quantitative estimate of drug-likeness (QED) is 0.407. The van der Waals surface area contributed by atoms with Crippen molar-refractivity contribution in [2.45, 2.75) is 20.8 Å². The summed E-state index contributed by atoms with van der Waals surface area (Å²) in [5, 5.41) is 25.7. The second-order valence-corrected chi connectivity index (χ2v) is 6.36. The van der Waals surface area contributed by atoms with E-state index in [2.05, 4.69) is 0 Å². The first kappa shape index (κ1) is 28.4. The molecule has 0 aliphatic heterocycles. The first-order valence-electron chi connectivity index (χ1n) is 9.02. The van der Waals surface area contributed by atoms with Crippen molar-refractivity contribution < 1.29 is 68.3 Å². The summed E-state index contributed by atoms with van der Waals surface area (Å²) in [6.45, 7) is 5.34. The zero-order valence-electron chi connectivity index (χ0n) is 17.3. The molecule has 0 unspecified atom stereocenters. The summed E-state index contributed by atoms with van der Waals surface area (Å²) in [4.78, 5) is 31.3. The molecule has 3 aromatic rings. The third-order valence-electron chi connectivity index (χ3n) is 4.13. The Morgan fingerprint density at radius 1 is 0.484 bits per heavy atom. The van der Waals surface area contributed by atoms with Crippen molar-refractivity contribution >= 4 is 17.9 Å². The Balaban J connectivity index is 0.000000429. The van der Waals surface area contributed by atoms with Crippen molar-refractivity contribution in [3.05, 3.63) is 106 Å². The van der Waals surface area contributed by atoms with Gasteiger partial charge in [0.15, 0.2) is 0 Å². The first-order valence-corrected chi connectivity index (χ1v) is 9.02. The van der Waals surface area contributed by atoms with Crippen LogP contribution >= 0.6 is 0 Å². The Labute approximate surface area is 212 Å². The maximum Gasteiger partial charge on any atom is 0.335 e. The molecule has 165 valence electrons. The fraction of sp³-hybridized carbons (Fsp3) is 0.125. The van der Waals surface area contributed by atoms with Crippen molar-refractivity contribution in [1.82, 2.24) is 0 Å².